The van der Waals surface area contributed by atoms with Crippen LogP contribution in [0.3, 0.4) is 0 Å². The number of Topliss-reactive ketones (excluding diaryl/α,β-unsaturated/α-hetero) is 2. The fourth-order valence-corrected chi connectivity index (χ4v) is 21.9. The van der Waals surface area contributed by atoms with Crippen LogP contribution in [-0.4, -0.2) is 236 Å². The van der Waals surface area contributed by atoms with E-state index in [9.17, 15) is 67.1 Å². The summed E-state index contributed by atoms with van der Waals surface area (Å²) in [6.45, 7) is 15.4. The fourth-order valence-electron chi connectivity index (χ4n) is 14.5. The third-order valence-electron chi connectivity index (χ3n) is 20.1. The molecule has 6 aliphatic rings. The molecule has 8 rings (SSSR count). The van der Waals surface area contributed by atoms with Gasteiger partial charge in [0.1, 0.15) is 36.3 Å². The van der Waals surface area contributed by atoms with Gasteiger partial charge >= 0.3 is 12.2 Å². The highest BCUT2D eigenvalue weighted by Gasteiger charge is 2.57. The van der Waals surface area contributed by atoms with Crippen LogP contribution in [0.15, 0.2) is 60.7 Å². The van der Waals surface area contributed by atoms with Crippen molar-refractivity contribution in [1.82, 2.24) is 62.1 Å². The van der Waals surface area contributed by atoms with Crippen molar-refractivity contribution in [3.8, 4) is 0 Å². The summed E-state index contributed by atoms with van der Waals surface area (Å²) in [5.41, 5.74) is 1.11. The normalized spacial score (nSPS) is 22.7. The van der Waals surface area contributed by atoms with Crippen LogP contribution < -0.4 is 42.5 Å². The van der Waals surface area contributed by atoms with Crippen molar-refractivity contribution in [3.63, 3.8) is 0 Å². The molecular weight excluding hydrogens is 1490 g/mol. The largest absolute Gasteiger partial charge is 0.449 e. The Hall–Kier alpha value is -7.58. The first-order valence-electron chi connectivity index (χ1n) is 38.8. The molecule has 4 heterocycles. The van der Waals surface area contributed by atoms with E-state index in [2.05, 4.69) is 56.4 Å². The van der Waals surface area contributed by atoms with Gasteiger partial charge in [-0.05, 0) is 73.3 Å². The highest BCUT2D eigenvalue weighted by molar-refractivity contribution is 8.22. The van der Waals surface area contributed by atoms with E-state index in [1.54, 1.807) is 146 Å². The third-order valence-corrected chi connectivity index (χ3v) is 27.4. The van der Waals surface area contributed by atoms with E-state index in [0.717, 1.165) is 75.7 Å². The van der Waals surface area contributed by atoms with Gasteiger partial charge in [-0.15, -0.1) is 47.0 Å². The lowest BCUT2D eigenvalue weighted by molar-refractivity contribution is -0.143. The predicted molar refractivity (Wildman–Crippen MR) is 426 cm³/mol. The summed E-state index contributed by atoms with van der Waals surface area (Å²) in [6.07, 6.45) is 9.43. The molecule has 0 bridgehead atoms. The monoisotopic (exact) mass is 1600 g/mol. The standard InChI is InChI=1S/2C39H58N6O8S2/c2*1-7-14-28(33(47)35(49)40-20-30(46)42-31(36(50)44(5)6)26-15-10-8-11-16-26)41-34(48)29-19-39(54-22-25(4)55-39)23-45(29)37(51)32(27-17-12-9-13-18-27)43-38(52)53-21-24(2)3/h2*8,10-11,15-16,24-25,27-29,31-32H,7,9,12-14,17-23H2,1-6H3,(H,40,49)(H,41,48)(H,42,46)(H,43,52)/t2*25?,28?,29-,31?,32?,39?/m00/s1. The number of nitrogens with zero attached hydrogens (tertiary/aromatic N) is 4. The second-order valence-corrected chi connectivity index (χ2v) is 37.7. The van der Waals surface area contributed by atoms with Gasteiger partial charge in [-0.3, -0.25) is 57.5 Å². The van der Waals surface area contributed by atoms with Gasteiger partial charge in [0.15, 0.2) is 0 Å². The van der Waals surface area contributed by atoms with Gasteiger partial charge in [0.25, 0.3) is 11.8 Å². The van der Waals surface area contributed by atoms with E-state index in [1.165, 1.54) is 9.80 Å². The van der Waals surface area contributed by atoms with E-state index >= 15 is 0 Å². The van der Waals surface area contributed by atoms with Crippen molar-refractivity contribution in [1.29, 1.82) is 0 Å². The molecule has 10 unspecified atom stereocenters. The van der Waals surface area contributed by atoms with Crippen LogP contribution in [-0.2, 0) is 67.0 Å². The number of carbonyl (C=O) groups is 14. The molecular formula is C78H116N12O16S4. The summed E-state index contributed by atoms with van der Waals surface area (Å²) in [4.78, 5) is 194. The Kier molecular flexibility index (Phi) is 34.9. The van der Waals surface area contributed by atoms with Crippen molar-refractivity contribution in [2.45, 2.75) is 225 Å². The smallest absolute Gasteiger partial charge is 0.407 e. The van der Waals surface area contributed by atoms with Crippen LogP contribution in [0, 0.1) is 23.7 Å². The van der Waals surface area contributed by atoms with Crippen LogP contribution >= 0.6 is 47.0 Å². The molecule has 110 heavy (non-hydrogen) atoms. The summed E-state index contributed by atoms with van der Waals surface area (Å²) in [6, 6.07) is 9.28. The Balaban J connectivity index is 0.000000306. The van der Waals surface area contributed by atoms with Gasteiger partial charge in [0.2, 0.25) is 58.8 Å². The molecule has 2 saturated carbocycles. The highest BCUT2D eigenvalue weighted by Crippen LogP contribution is 2.56. The Labute approximate surface area is 664 Å². The van der Waals surface area contributed by atoms with Crippen molar-refractivity contribution < 1.29 is 76.6 Å². The van der Waals surface area contributed by atoms with Crippen LogP contribution in [0.2, 0.25) is 0 Å². The lowest BCUT2D eigenvalue weighted by Crippen LogP contribution is -2.58. The molecule has 4 saturated heterocycles. The van der Waals surface area contributed by atoms with Crippen molar-refractivity contribution in [2.24, 2.45) is 23.7 Å². The molecule has 12 atom stereocenters. The zero-order chi connectivity index (χ0) is 80.6. The molecule has 28 nitrogen and oxygen atoms in total. The van der Waals surface area contributed by atoms with Gasteiger partial charge in [0, 0.05) is 76.1 Å². The number of thioether (sulfide) groups is 4. The number of likely N-dealkylation sites (tertiary alicyclic amines) is 2. The lowest BCUT2D eigenvalue weighted by atomic mass is 9.83. The molecule has 0 aromatic heterocycles. The Morgan fingerprint density at radius 1 is 0.491 bits per heavy atom. The van der Waals surface area contributed by atoms with Gasteiger partial charge in [-0.25, -0.2) is 9.59 Å². The van der Waals surface area contributed by atoms with E-state index in [1.807, 2.05) is 41.5 Å². The molecule has 2 aliphatic carbocycles. The second kappa shape index (κ2) is 42.9. The van der Waals surface area contributed by atoms with Gasteiger partial charge < -0.3 is 71.6 Å². The molecule has 0 radical (unpaired) electrons. The molecule has 2 aromatic rings. The van der Waals surface area contributed by atoms with E-state index in [-0.39, 0.29) is 86.4 Å². The van der Waals surface area contributed by atoms with Crippen LogP contribution in [0.5, 0.6) is 0 Å². The molecule has 4 aliphatic heterocycles. The lowest BCUT2D eigenvalue weighted by Gasteiger charge is -2.34. The summed E-state index contributed by atoms with van der Waals surface area (Å²) in [5, 5.41) is 21.8. The summed E-state index contributed by atoms with van der Waals surface area (Å²) >= 11 is 6.89. The number of carbonyl (C=O) groups excluding carboxylic acids is 14. The van der Waals surface area contributed by atoms with Crippen LogP contribution in [0.25, 0.3) is 0 Å². The SMILES string of the molecule is CCCC(NC(=O)[C@@H]1CC2(CN1C(=O)C(NC(=O)OCC(C)C)C1CCCCC1)SCC(C)S2)C(=O)C(=O)NCC(=O)NC(C(=O)N(C)C)c1ccccc1.CCCC(NC(=O)[C@@H]1CC2(CN1C(=O)C(NC(=O)OCC(C)C)C1CCCCC1)SCC(C)S2)C(=O)C(=O)NCC(=O)NC(C(=O)N(C)C)c1ccccc1. The van der Waals surface area contributed by atoms with Gasteiger partial charge in [-0.2, -0.15) is 0 Å². The van der Waals surface area contributed by atoms with Crippen LogP contribution in [0.4, 0.5) is 9.59 Å². The summed E-state index contributed by atoms with van der Waals surface area (Å²) < 4.78 is 9.96. The number of ketones is 2. The number of ether oxygens (including phenoxy) is 2. The Morgan fingerprint density at radius 2 is 0.836 bits per heavy atom. The zero-order valence-electron chi connectivity index (χ0n) is 65.8. The maximum absolute atomic E-state index is 14.6. The molecule has 608 valence electrons. The van der Waals surface area contributed by atoms with E-state index < -0.39 is 129 Å². The van der Waals surface area contributed by atoms with Gasteiger partial charge in [-0.1, -0.05) is 167 Å². The fraction of sp³-hybridized carbons (Fsp3) is 0.667. The number of benzene rings is 2. The second-order valence-electron chi connectivity index (χ2n) is 30.8. The number of hydrogen-bond acceptors (Lipinski definition) is 20. The number of alkyl carbamates (subject to hydrolysis) is 2. The minimum absolute atomic E-state index is 0.114. The quantitative estimate of drug-likeness (QED) is 0.0349. The average molecular weight is 1610 g/mol. The maximum atomic E-state index is 14.6. The first-order chi connectivity index (χ1) is 52.3. The summed E-state index contributed by atoms with van der Waals surface area (Å²) in [7, 11) is 6.26. The number of rotatable bonds is 32. The minimum Gasteiger partial charge on any atom is -0.449 e. The predicted octanol–water partition coefficient (Wildman–Crippen LogP) is 6.80. The van der Waals surface area contributed by atoms with Crippen molar-refractivity contribution >= 4 is 130 Å². The van der Waals surface area contributed by atoms with Crippen molar-refractivity contribution in [2.75, 3.05) is 79.1 Å². The maximum Gasteiger partial charge on any atom is 0.407 e. The number of hydrogen-bond donors (Lipinski definition) is 8. The molecule has 2 spiro atoms. The number of likely N-dealkylation sites (N-methyl/N-ethyl adjacent to an activating group) is 2. The third kappa shape index (κ3) is 25.7. The average Bonchev–Trinajstić information content (AvgIpc) is 1.61. The molecule has 6 fully saturated rings. The van der Waals surface area contributed by atoms with E-state index in [0.29, 0.717) is 47.3 Å². The van der Waals surface area contributed by atoms with Crippen molar-refractivity contribution in [3.05, 3.63) is 71.8 Å². The number of nitrogens with one attached hydrogen (secondary N) is 8. The van der Waals surface area contributed by atoms with E-state index in [4.69, 9.17) is 9.47 Å². The topological polar surface area (TPSA) is 367 Å². The first kappa shape index (κ1) is 89.6. The Bertz CT molecular complexity index is 3310. The number of amides is 12. The van der Waals surface area contributed by atoms with Gasteiger partial charge in [0.05, 0.1) is 46.5 Å². The highest BCUT2D eigenvalue weighted by atomic mass is 32.2. The molecule has 8 N–H and O–H groups in total. The Morgan fingerprint density at radius 3 is 1.14 bits per heavy atom. The van der Waals surface area contributed by atoms with Crippen LogP contribution in [0.1, 0.15) is 181 Å². The summed E-state index contributed by atoms with van der Waals surface area (Å²) in [5.74, 6) is -6.17. The minimum atomic E-state index is -1.21. The molecule has 32 heteroatoms. The molecule has 2 aromatic carbocycles. The first-order valence-corrected chi connectivity index (χ1v) is 42.5. The molecule has 12 amide bonds. The zero-order valence-corrected chi connectivity index (χ0v) is 69.0.